The molecular formula is C20H19N3O3. The second-order valence-electron chi connectivity index (χ2n) is 5.76. The molecule has 0 unspecified atom stereocenters. The van der Waals surface area contributed by atoms with Crippen molar-refractivity contribution in [3.63, 3.8) is 0 Å². The van der Waals surface area contributed by atoms with Crippen molar-refractivity contribution in [2.45, 2.75) is 13.5 Å². The fraction of sp³-hybridized carbons (Fsp3) is 0.150. The molecule has 0 saturated carbocycles. The number of hydrogen-bond donors (Lipinski definition) is 1. The zero-order chi connectivity index (χ0) is 18.4. The molecule has 1 N–H and O–H groups in total. The van der Waals surface area contributed by atoms with Crippen LogP contribution in [0, 0.1) is 0 Å². The SMILES string of the molecule is CC(=O)c1ccc(Oc2ccc(C(=O)NCCn3ccnc3)cc2)cc1. The molecule has 26 heavy (non-hydrogen) atoms. The molecule has 6 nitrogen and oxygen atoms in total. The Hall–Kier alpha value is -3.41. The van der Waals surface area contributed by atoms with Gasteiger partial charge in [-0.3, -0.25) is 9.59 Å². The summed E-state index contributed by atoms with van der Waals surface area (Å²) in [5.41, 5.74) is 1.20. The summed E-state index contributed by atoms with van der Waals surface area (Å²) in [5.74, 6) is 1.13. The molecule has 3 aromatic rings. The van der Waals surface area contributed by atoms with Gasteiger partial charge in [-0.15, -0.1) is 0 Å². The number of carbonyl (C=O) groups is 2. The molecule has 0 atom stereocenters. The third-order valence-electron chi connectivity index (χ3n) is 3.83. The first-order chi connectivity index (χ1) is 12.6. The first-order valence-corrected chi connectivity index (χ1v) is 8.25. The number of benzene rings is 2. The second-order valence-corrected chi connectivity index (χ2v) is 5.76. The molecule has 0 aliphatic carbocycles. The monoisotopic (exact) mass is 349 g/mol. The number of amides is 1. The van der Waals surface area contributed by atoms with Crippen LogP contribution in [0.4, 0.5) is 0 Å². The van der Waals surface area contributed by atoms with Crippen molar-refractivity contribution in [2.24, 2.45) is 0 Å². The van der Waals surface area contributed by atoms with Crippen molar-refractivity contribution in [1.29, 1.82) is 0 Å². The van der Waals surface area contributed by atoms with Crippen LogP contribution in [0.2, 0.25) is 0 Å². The number of rotatable bonds is 7. The van der Waals surface area contributed by atoms with E-state index >= 15 is 0 Å². The quantitative estimate of drug-likeness (QED) is 0.664. The average Bonchev–Trinajstić information content (AvgIpc) is 3.16. The van der Waals surface area contributed by atoms with E-state index in [4.69, 9.17) is 4.74 Å². The lowest BCUT2D eigenvalue weighted by Gasteiger charge is -2.08. The Bertz CT molecular complexity index is 870. The Balaban J connectivity index is 1.53. The number of carbonyl (C=O) groups excluding carboxylic acids is 2. The molecule has 0 fully saturated rings. The summed E-state index contributed by atoms with van der Waals surface area (Å²) in [4.78, 5) is 27.4. The molecule has 0 aliphatic heterocycles. The summed E-state index contributed by atoms with van der Waals surface area (Å²) < 4.78 is 7.62. The summed E-state index contributed by atoms with van der Waals surface area (Å²) in [6, 6.07) is 13.8. The molecule has 0 bridgehead atoms. The smallest absolute Gasteiger partial charge is 0.251 e. The Morgan fingerprint density at radius 3 is 2.15 bits per heavy atom. The second kappa shape index (κ2) is 8.11. The van der Waals surface area contributed by atoms with Crippen LogP contribution in [0.5, 0.6) is 11.5 Å². The number of nitrogens with zero attached hydrogens (tertiary/aromatic N) is 2. The topological polar surface area (TPSA) is 73.2 Å². The minimum atomic E-state index is -0.137. The van der Waals surface area contributed by atoms with Crippen molar-refractivity contribution in [1.82, 2.24) is 14.9 Å². The Labute approximate surface area is 151 Å². The van der Waals surface area contributed by atoms with E-state index in [1.807, 2.05) is 10.8 Å². The van der Waals surface area contributed by atoms with E-state index in [9.17, 15) is 9.59 Å². The number of ether oxygens (including phenoxy) is 1. The van der Waals surface area contributed by atoms with Crippen molar-refractivity contribution < 1.29 is 14.3 Å². The van der Waals surface area contributed by atoms with E-state index in [-0.39, 0.29) is 11.7 Å². The average molecular weight is 349 g/mol. The molecular weight excluding hydrogens is 330 g/mol. The number of imidazole rings is 1. The van der Waals surface area contributed by atoms with Gasteiger partial charge in [-0.2, -0.15) is 0 Å². The van der Waals surface area contributed by atoms with Gasteiger partial charge in [0.1, 0.15) is 11.5 Å². The standard InChI is InChI=1S/C20H19N3O3/c1-15(24)16-2-6-18(7-3-16)26-19-8-4-17(5-9-19)20(25)22-11-13-23-12-10-21-14-23/h2-10,12,14H,11,13H2,1H3,(H,22,25). The molecule has 0 saturated heterocycles. The van der Waals surface area contributed by atoms with Crippen LogP contribution in [-0.2, 0) is 6.54 Å². The lowest BCUT2D eigenvalue weighted by atomic mass is 10.1. The van der Waals surface area contributed by atoms with Crippen molar-refractivity contribution >= 4 is 11.7 Å². The lowest BCUT2D eigenvalue weighted by molar-refractivity contribution is 0.0951. The fourth-order valence-electron chi connectivity index (χ4n) is 2.39. The lowest BCUT2D eigenvalue weighted by Crippen LogP contribution is -2.26. The molecule has 3 rings (SSSR count). The van der Waals surface area contributed by atoms with Crippen molar-refractivity contribution in [2.75, 3.05) is 6.54 Å². The summed E-state index contributed by atoms with van der Waals surface area (Å²) in [5, 5.41) is 2.86. The molecule has 1 heterocycles. The third-order valence-corrected chi connectivity index (χ3v) is 3.83. The van der Waals surface area contributed by atoms with E-state index in [1.165, 1.54) is 6.92 Å². The van der Waals surface area contributed by atoms with Gasteiger partial charge in [0.15, 0.2) is 5.78 Å². The molecule has 132 valence electrons. The highest BCUT2D eigenvalue weighted by Crippen LogP contribution is 2.22. The summed E-state index contributed by atoms with van der Waals surface area (Å²) in [6.45, 7) is 2.72. The Kier molecular flexibility index (Phi) is 5.43. The zero-order valence-electron chi connectivity index (χ0n) is 14.4. The molecule has 1 amide bonds. The normalized spacial score (nSPS) is 10.3. The van der Waals surface area contributed by atoms with Crippen LogP contribution in [0.3, 0.4) is 0 Å². The minimum Gasteiger partial charge on any atom is -0.457 e. The van der Waals surface area contributed by atoms with Gasteiger partial charge < -0.3 is 14.6 Å². The van der Waals surface area contributed by atoms with Crippen LogP contribution in [0.25, 0.3) is 0 Å². The van der Waals surface area contributed by atoms with Gasteiger partial charge in [0.05, 0.1) is 6.33 Å². The summed E-state index contributed by atoms with van der Waals surface area (Å²) >= 11 is 0. The van der Waals surface area contributed by atoms with E-state index in [2.05, 4.69) is 10.3 Å². The predicted octanol–water partition coefficient (Wildman–Crippen LogP) is 3.31. The highest BCUT2D eigenvalue weighted by atomic mass is 16.5. The first kappa shape index (κ1) is 17.4. The van der Waals surface area contributed by atoms with Gasteiger partial charge in [0.25, 0.3) is 5.91 Å². The van der Waals surface area contributed by atoms with E-state index < -0.39 is 0 Å². The molecule has 0 spiro atoms. The van der Waals surface area contributed by atoms with Crippen LogP contribution in [-0.4, -0.2) is 27.8 Å². The third kappa shape index (κ3) is 4.57. The summed E-state index contributed by atoms with van der Waals surface area (Å²) in [7, 11) is 0. The van der Waals surface area contributed by atoms with Gasteiger partial charge >= 0.3 is 0 Å². The molecule has 2 aromatic carbocycles. The Morgan fingerprint density at radius 1 is 1.00 bits per heavy atom. The number of ketones is 1. The van der Waals surface area contributed by atoms with E-state index in [0.29, 0.717) is 35.7 Å². The van der Waals surface area contributed by atoms with Crippen LogP contribution in [0.15, 0.2) is 67.3 Å². The molecule has 1 aromatic heterocycles. The molecule has 0 aliphatic rings. The highest BCUT2D eigenvalue weighted by molar-refractivity contribution is 5.94. The van der Waals surface area contributed by atoms with Gasteiger partial charge in [-0.25, -0.2) is 4.98 Å². The number of nitrogens with one attached hydrogen (secondary N) is 1. The zero-order valence-corrected chi connectivity index (χ0v) is 14.4. The van der Waals surface area contributed by atoms with Crippen LogP contribution >= 0.6 is 0 Å². The minimum absolute atomic E-state index is 0.0138. The van der Waals surface area contributed by atoms with E-state index in [1.54, 1.807) is 61.1 Å². The van der Waals surface area contributed by atoms with Crippen LogP contribution < -0.4 is 10.1 Å². The molecule has 0 radical (unpaired) electrons. The van der Waals surface area contributed by atoms with E-state index in [0.717, 1.165) is 0 Å². The maximum absolute atomic E-state index is 12.1. The van der Waals surface area contributed by atoms with Gasteiger partial charge in [-0.1, -0.05) is 0 Å². The maximum atomic E-state index is 12.1. The number of aromatic nitrogens is 2. The highest BCUT2D eigenvalue weighted by Gasteiger charge is 2.06. The van der Waals surface area contributed by atoms with Gasteiger partial charge in [0.2, 0.25) is 0 Å². The van der Waals surface area contributed by atoms with Gasteiger partial charge in [0, 0.05) is 36.6 Å². The Morgan fingerprint density at radius 2 is 1.62 bits per heavy atom. The molecule has 6 heteroatoms. The van der Waals surface area contributed by atoms with Gasteiger partial charge in [-0.05, 0) is 55.5 Å². The van der Waals surface area contributed by atoms with Crippen molar-refractivity contribution in [3.05, 3.63) is 78.4 Å². The maximum Gasteiger partial charge on any atom is 0.251 e. The van der Waals surface area contributed by atoms with Crippen molar-refractivity contribution in [3.8, 4) is 11.5 Å². The number of hydrogen-bond acceptors (Lipinski definition) is 4. The summed E-state index contributed by atoms with van der Waals surface area (Å²) in [6.07, 6.45) is 5.26. The fourth-order valence-corrected chi connectivity index (χ4v) is 2.39. The largest absolute Gasteiger partial charge is 0.457 e. The predicted molar refractivity (Wildman–Crippen MR) is 97.5 cm³/mol. The first-order valence-electron chi connectivity index (χ1n) is 8.25. The van der Waals surface area contributed by atoms with Crippen LogP contribution in [0.1, 0.15) is 27.6 Å². The number of Topliss-reactive ketones (excluding diaryl/α,β-unsaturated/α-hetero) is 1.